The van der Waals surface area contributed by atoms with Crippen molar-refractivity contribution in [2.24, 2.45) is 5.73 Å². The largest absolute Gasteiger partial charge is 0.350 e. The number of nitrogens with one attached hydrogen (secondary N) is 2. The van der Waals surface area contributed by atoms with Gasteiger partial charge in [0.1, 0.15) is 5.69 Å². The van der Waals surface area contributed by atoms with Gasteiger partial charge >= 0.3 is 0 Å². The Kier molecular flexibility index (Phi) is 6.11. The summed E-state index contributed by atoms with van der Waals surface area (Å²) >= 11 is 0. The maximum absolute atomic E-state index is 11.7. The molecule has 4 N–H and O–H groups in total. The minimum Gasteiger partial charge on any atom is -0.350 e. The second kappa shape index (κ2) is 7.59. The summed E-state index contributed by atoms with van der Waals surface area (Å²) in [6.07, 6.45) is 1.46. The summed E-state index contributed by atoms with van der Waals surface area (Å²) in [5, 5.41) is 2.48. The van der Waals surface area contributed by atoms with E-state index in [0.29, 0.717) is 5.56 Å². The highest BCUT2D eigenvalue weighted by Crippen LogP contribution is 1.98. The Balaban J connectivity index is 2.56. The number of sulfonamides is 1. The van der Waals surface area contributed by atoms with Crippen LogP contribution in [0.5, 0.6) is 0 Å². The van der Waals surface area contributed by atoms with Crippen molar-refractivity contribution in [2.45, 2.75) is 0 Å². The van der Waals surface area contributed by atoms with Gasteiger partial charge in [0, 0.05) is 18.3 Å². The number of amides is 1. The zero-order chi connectivity index (χ0) is 15.0. The third kappa shape index (κ3) is 5.36. The number of hydrogen-bond donors (Lipinski definition) is 3. The van der Waals surface area contributed by atoms with Gasteiger partial charge in [-0.05, 0) is 19.2 Å². The number of aromatic nitrogens is 1. The van der Waals surface area contributed by atoms with Crippen LogP contribution in [0.25, 0.3) is 0 Å². The van der Waals surface area contributed by atoms with E-state index in [-0.39, 0.29) is 24.5 Å². The molecule has 0 aliphatic heterocycles. The first-order valence-corrected chi connectivity index (χ1v) is 7.48. The van der Waals surface area contributed by atoms with Crippen molar-refractivity contribution in [1.82, 2.24) is 15.0 Å². The summed E-state index contributed by atoms with van der Waals surface area (Å²) < 4.78 is 24.5. The maximum atomic E-state index is 11.7. The van der Waals surface area contributed by atoms with Crippen LogP contribution in [0.3, 0.4) is 0 Å². The molecule has 0 atom stereocenters. The van der Waals surface area contributed by atoms with Crippen LogP contribution in [0.4, 0.5) is 0 Å². The molecule has 1 aromatic heterocycles. The van der Waals surface area contributed by atoms with Crippen molar-refractivity contribution in [1.29, 1.82) is 0 Å². The van der Waals surface area contributed by atoms with Crippen molar-refractivity contribution in [2.75, 3.05) is 25.9 Å². The highest BCUT2D eigenvalue weighted by molar-refractivity contribution is 7.89. The normalized spacial score (nSPS) is 10.5. The molecule has 1 aromatic rings. The summed E-state index contributed by atoms with van der Waals surface area (Å²) in [5.41, 5.74) is 6.10. The van der Waals surface area contributed by atoms with E-state index in [1.807, 2.05) is 0 Å². The van der Waals surface area contributed by atoms with Gasteiger partial charge in [-0.15, -0.1) is 0 Å². The zero-order valence-corrected chi connectivity index (χ0v) is 11.8. The van der Waals surface area contributed by atoms with Gasteiger partial charge in [0.2, 0.25) is 10.0 Å². The van der Waals surface area contributed by atoms with Crippen molar-refractivity contribution in [3.05, 3.63) is 29.6 Å². The molecule has 8 heteroatoms. The standard InChI is InChI=1S/C12H16N4O3S/c1-14-20(18,19)8-7-15-12(17)11-5-4-10(9-16-11)3-2-6-13/h4-5,9,14H,6-8,13H2,1H3,(H,15,17). The lowest BCUT2D eigenvalue weighted by Crippen LogP contribution is -2.33. The summed E-state index contributed by atoms with van der Waals surface area (Å²) in [4.78, 5) is 15.6. The molecule has 0 saturated carbocycles. The first-order chi connectivity index (χ1) is 9.48. The van der Waals surface area contributed by atoms with Gasteiger partial charge < -0.3 is 11.1 Å². The fraction of sp³-hybridized carbons (Fsp3) is 0.333. The minimum atomic E-state index is -3.33. The SMILES string of the molecule is CNS(=O)(=O)CCNC(=O)c1ccc(C#CCN)cn1. The summed E-state index contributed by atoms with van der Waals surface area (Å²) in [5.74, 6) is 4.84. The Hall–Kier alpha value is -1.95. The quantitative estimate of drug-likeness (QED) is 0.583. The minimum absolute atomic E-state index is 0.0123. The van der Waals surface area contributed by atoms with E-state index < -0.39 is 15.9 Å². The van der Waals surface area contributed by atoms with Gasteiger partial charge in [0.15, 0.2) is 0 Å². The van der Waals surface area contributed by atoms with E-state index in [1.165, 1.54) is 19.3 Å². The number of nitrogens with zero attached hydrogens (tertiary/aromatic N) is 1. The van der Waals surface area contributed by atoms with Crippen molar-refractivity contribution in [3.63, 3.8) is 0 Å². The first-order valence-electron chi connectivity index (χ1n) is 5.83. The summed E-state index contributed by atoms with van der Waals surface area (Å²) in [6.45, 7) is 0.264. The Bertz CT molecular complexity index is 614. The molecule has 20 heavy (non-hydrogen) atoms. The lowest BCUT2D eigenvalue weighted by Gasteiger charge is -2.05. The number of nitrogens with two attached hydrogens (primary N) is 1. The summed E-state index contributed by atoms with van der Waals surface area (Å²) in [6, 6.07) is 3.16. The number of hydrogen-bond acceptors (Lipinski definition) is 5. The number of pyridine rings is 1. The molecular weight excluding hydrogens is 280 g/mol. The van der Waals surface area contributed by atoms with Crippen LogP contribution in [-0.2, 0) is 10.0 Å². The lowest BCUT2D eigenvalue weighted by molar-refractivity contribution is 0.0951. The Morgan fingerprint density at radius 3 is 2.75 bits per heavy atom. The lowest BCUT2D eigenvalue weighted by atomic mass is 10.2. The summed E-state index contributed by atoms with van der Waals surface area (Å²) in [7, 11) is -2.01. The molecule has 0 radical (unpaired) electrons. The van der Waals surface area contributed by atoms with E-state index in [1.54, 1.807) is 6.07 Å². The number of carbonyl (C=O) groups excluding carboxylic acids is 1. The molecule has 1 rings (SSSR count). The van der Waals surface area contributed by atoms with Crippen molar-refractivity contribution in [3.8, 4) is 11.8 Å². The molecule has 0 aromatic carbocycles. The molecule has 0 spiro atoms. The second-order valence-corrected chi connectivity index (χ2v) is 5.76. The van der Waals surface area contributed by atoms with E-state index in [0.717, 1.165) is 0 Å². The number of rotatable bonds is 5. The van der Waals surface area contributed by atoms with E-state index >= 15 is 0 Å². The molecule has 1 heterocycles. The van der Waals surface area contributed by atoms with Crippen LogP contribution in [-0.4, -0.2) is 45.2 Å². The Labute approximate surface area is 118 Å². The average molecular weight is 296 g/mol. The van der Waals surface area contributed by atoms with Gasteiger partial charge in [0.05, 0.1) is 12.3 Å². The van der Waals surface area contributed by atoms with Crippen molar-refractivity contribution >= 4 is 15.9 Å². The van der Waals surface area contributed by atoms with E-state index in [9.17, 15) is 13.2 Å². The molecule has 0 saturated heterocycles. The van der Waals surface area contributed by atoms with Gasteiger partial charge in [-0.3, -0.25) is 4.79 Å². The maximum Gasteiger partial charge on any atom is 0.269 e. The number of carbonyl (C=O) groups is 1. The third-order valence-corrected chi connectivity index (χ3v) is 3.66. The molecule has 0 aliphatic carbocycles. The monoisotopic (exact) mass is 296 g/mol. The van der Waals surface area contributed by atoms with Gasteiger partial charge in [-0.1, -0.05) is 11.8 Å². The van der Waals surface area contributed by atoms with Gasteiger partial charge in [-0.25, -0.2) is 18.1 Å². The van der Waals surface area contributed by atoms with Gasteiger partial charge in [-0.2, -0.15) is 0 Å². The molecule has 0 aliphatic rings. The molecular formula is C12H16N4O3S. The molecule has 7 nitrogen and oxygen atoms in total. The topological polar surface area (TPSA) is 114 Å². The van der Waals surface area contributed by atoms with Crippen LogP contribution >= 0.6 is 0 Å². The van der Waals surface area contributed by atoms with Crippen molar-refractivity contribution < 1.29 is 13.2 Å². The third-order valence-electron chi connectivity index (χ3n) is 2.30. The molecule has 0 bridgehead atoms. The second-order valence-electron chi connectivity index (χ2n) is 3.72. The van der Waals surface area contributed by atoms with Gasteiger partial charge in [0.25, 0.3) is 5.91 Å². The highest BCUT2D eigenvalue weighted by atomic mass is 32.2. The molecule has 0 fully saturated rings. The van der Waals surface area contributed by atoms with Crippen LogP contribution in [0, 0.1) is 11.8 Å². The highest BCUT2D eigenvalue weighted by Gasteiger charge is 2.10. The molecule has 108 valence electrons. The fourth-order valence-electron chi connectivity index (χ4n) is 1.25. The van der Waals surface area contributed by atoms with Crippen LogP contribution in [0.1, 0.15) is 16.1 Å². The fourth-order valence-corrected chi connectivity index (χ4v) is 1.82. The van der Waals surface area contributed by atoms with Crippen LogP contribution in [0.15, 0.2) is 18.3 Å². The predicted molar refractivity (Wildman–Crippen MR) is 75.3 cm³/mol. The Morgan fingerprint density at radius 1 is 1.45 bits per heavy atom. The average Bonchev–Trinajstić information content (AvgIpc) is 2.45. The Morgan fingerprint density at radius 2 is 2.20 bits per heavy atom. The zero-order valence-electron chi connectivity index (χ0n) is 11.0. The smallest absolute Gasteiger partial charge is 0.269 e. The molecule has 1 amide bonds. The van der Waals surface area contributed by atoms with E-state index in [2.05, 4.69) is 26.9 Å². The predicted octanol–water partition coefficient (Wildman–Crippen LogP) is -1.33. The van der Waals surface area contributed by atoms with E-state index in [4.69, 9.17) is 5.73 Å². The van der Waals surface area contributed by atoms with Crippen LogP contribution in [0.2, 0.25) is 0 Å². The molecule has 0 unspecified atom stereocenters. The van der Waals surface area contributed by atoms with Crippen LogP contribution < -0.4 is 15.8 Å². The first kappa shape index (κ1) is 16.1.